The Labute approximate surface area is 120 Å². The Morgan fingerprint density at radius 1 is 1.30 bits per heavy atom. The average molecular weight is 276 g/mol. The van der Waals surface area contributed by atoms with Crippen molar-refractivity contribution in [2.75, 3.05) is 6.54 Å². The molecule has 2 aliphatic rings. The zero-order chi connectivity index (χ0) is 14.1. The maximum Gasteiger partial charge on any atom is 0.141 e. The van der Waals surface area contributed by atoms with Gasteiger partial charge in [0.1, 0.15) is 5.75 Å². The van der Waals surface area contributed by atoms with Crippen LogP contribution in [0.5, 0.6) is 5.75 Å². The molecule has 2 saturated carbocycles. The summed E-state index contributed by atoms with van der Waals surface area (Å²) >= 11 is 0. The van der Waals surface area contributed by atoms with Gasteiger partial charge in [-0.15, -0.1) is 0 Å². The van der Waals surface area contributed by atoms with Crippen molar-refractivity contribution in [3.8, 4) is 5.75 Å². The molecule has 0 bridgehead atoms. The molecule has 2 aliphatic carbocycles. The summed E-state index contributed by atoms with van der Waals surface area (Å²) in [4.78, 5) is 4.09. The number of pyridine rings is 1. The molecule has 4 heteroatoms. The third-order valence-electron chi connectivity index (χ3n) is 4.74. The van der Waals surface area contributed by atoms with Crippen molar-refractivity contribution in [1.82, 2.24) is 10.3 Å². The lowest BCUT2D eigenvalue weighted by molar-refractivity contribution is 0.278. The highest BCUT2D eigenvalue weighted by molar-refractivity contribution is 5.40. The molecule has 2 fully saturated rings. The van der Waals surface area contributed by atoms with Gasteiger partial charge < -0.3 is 15.5 Å². The number of hydrogen-bond acceptors (Lipinski definition) is 4. The first-order valence-corrected chi connectivity index (χ1v) is 7.68. The van der Waals surface area contributed by atoms with Crippen molar-refractivity contribution in [2.45, 2.75) is 45.8 Å². The van der Waals surface area contributed by atoms with E-state index in [2.05, 4.69) is 10.3 Å². The van der Waals surface area contributed by atoms with Crippen molar-refractivity contribution in [3.05, 3.63) is 23.0 Å². The van der Waals surface area contributed by atoms with Crippen molar-refractivity contribution in [2.24, 2.45) is 17.8 Å². The molecule has 1 heterocycles. The van der Waals surface area contributed by atoms with Crippen LogP contribution in [0.25, 0.3) is 0 Å². The second-order valence-corrected chi connectivity index (χ2v) is 6.32. The van der Waals surface area contributed by atoms with Gasteiger partial charge >= 0.3 is 0 Å². The Hall–Kier alpha value is -1.13. The van der Waals surface area contributed by atoms with E-state index in [0.717, 1.165) is 35.4 Å². The average Bonchev–Trinajstić information content (AvgIpc) is 3.32. The fourth-order valence-corrected chi connectivity index (χ4v) is 3.15. The van der Waals surface area contributed by atoms with Gasteiger partial charge in [0.15, 0.2) is 0 Å². The topological polar surface area (TPSA) is 65.4 Å². The van der Waals surface area contributed by atoms with Gasteiger partial charge in [-0.25, -0.2) is 0 Å². The van der Waals surface area contributed by atoms with Crippen molar-refractivity contribution < 1.29 is 10.2 Å². The molecule has 0 aromatic carbocycles. The number of rotatable bonds is 7. The maximum absolute atomic E-state index is 10.1. The van der Waals surface area contributed by atoms with Crippen LogP contribution < -0.4 is 5.32 Å². The molecule has 110 valence electrons. The van der Waals surface area contributed by atoms with Crippen LogP contribution in [0.1, 0.15) is 42.5 Å². The van der Waals surface area contributed by atoms with Gasteiger partial charge in [0, 0.05) is 23.9 Å². The summed E-state index contributed by atoms with van der Waals surface area (Å²) in [7, 11) is 0. The van der Waals surface area contributed by atoms with Crippen LogP contribution in [0.15, 0.2) is 6.20 Å². The predicted octanol–water partition coefficient (Wildman–Crippen LogP) is 2.11. The van der Waals surface area contributed by atoms with Crippen LogP contribution in [0.3, 0.4) is 0 Å². The first kappa shape index (κ1) is 13.8. The van der Waals surface area contributed by atoms with E-state index in [1.54, 1.807) is 13.1 Å². The quantitative estimate of drug-likeness (QED) is 0.713. The molecule has 0 spiro atoms. The summed E-state index contributed by atoms with van der Waals surface area (Å²) in [5.41, 5.74) is 2.14. The number of aryl methyl sites for hydroxylation is 1. The minimum Gasteiger partial charge on any atom is -0.506 e. The van der Waals surface area contributed by atoms with E-state index in [0.29, 0.717) is 12.2 Å². The van der Waals surface area contributed by atoms with Crippen LogP contribution in [-0.4, -0.2) is 21.7 Å². The van der Waals surface area contributed by atoms with E-state index in [9.17, 15) is 10.2 Å². The lowest BCUT2D eigenvalue weighted by Crippen LogP contribution is -2.25. The summed E-state index contributed by atoms with van der Waals surface area (Å²) in [6, 6.07) is 0. The number of aliphatic hydroxyl groups excluding tert-OH is 1. The van der Waals surface area contributed by atoms with Crippen LogP contribution in [0.4, 0.5) is 0 Å². The smallest absolute Gasteiger partial charge is 0.141 e. The van der Waals surface area contributed by atoms with Crippen LogP contribution >= 0.6 is 0 Å². The highest BCUT2D eigenvalue weighted by Gasteiger charge is 2.40. The Morgan fingerprint density at radius 2 is 1.95 bits per heavy atom. The second-order valence-electron chi connectivity index (χ2n) is 6.32. The summed E-state index contributed by atoms with van der Waals surface area (Å²) in [5, 5.41) is 23.0. The van der Waals surface area contributed by atoms with E-state index < -0.39 is 0 Å². The molecule has 1 aromatic rings. The SMILES string of the molecule is Cc1ncc(CO)c(CNCC(C2CC2)C2CC2)c1O. The van der Waals surface area contributed by atoms with Crippen molar-refractivity contribution >= 4 is 0 Å². The van der Waals surface area contributed by atoms with Gasteiger partial charge in [-0.2, -0.15) is 0 Å². The van der Waals surface area contributed by atoms with Gasteiger partial charge in [0.25, 0.3) is 0 Å². The van der Waals surface area contributed by atoms with Crippen molar-refractivity contribution in [3.63, 3.8) is 0 Å². The first-order chi connectivity index (χ1) is 9.70. The number of nitrogens with zero attached hydrogens (tertiary/aromatic N) is 1. The monoisotopic (exact) mass is 276 g/mol. The predicted molar refractivity (Wildman–Crippen MR) is 77.2 cm³/mol. The summed E-state index contributed by atoms with van der Waals surface area (Å²) < 4.78 is 0. The van der Waals surface area contributed by atoms with Gasteiger partial charge in [-0.05, 0) is 56.9 Å². The van der Waals surface area contributed by atoms with E-state index in [-0.39, 0.29) is 12.4 Å². The molecule has 20 heavy (non-hydrogen) atoms. The summed E-state index contributed by atoms with van der Waals surface area (Å²) in [6.45, 7) is 3.35. The van der Waals surface area contributed by atoms with Crippen LogP contribution in [-0.2, 0) is 13.2 Å². The lowest BCUT2D eigenvalue weighted by Gasteiger charge is -2.18. The molecule has 0 unspecified atom stereocenters. The summed E-state index contributed by atoms with van der Waals surface area (Å²) in [6.07, 6.45) is 7.23. The van der Waals surface area contributed by atoms with E-state index in [1.165, 1.54) is 25.7 Å². The van der Waals surface area contributed by atoms with Crippen LogP contribution in [0.2, 0.25) is 0 Å². The van der Waals surface area contributed by atoms with Crippen molar-refractivity contribution in [1.29, 1.82) is 0 Å². The molecule has 3 rings (SSSR count). The Balaban J connectivity index is 1.61. The third-order valence-corrected chi connectivity index (χ3v) is 4.74. The number of aromatic hydroxyl groups is 1. The standard InChI is InChI=1S/C16H24N2O2/c1-10-16(20)15(13(9-19)6-18-10)8-17-7-14(11-2-3-11)12-4-5-12/h6,11-12,14,17,19-20H,2-5,7-9H2,1H3. The fourth-order valence-electron chi connectivity index (χ4n) is 3.15. The maximum atomic E-state index is 10.1. The minimum atomic E-state index is -0.0769. The molecule has 3 N–H and O–H groups in total. The van der Waals surface area contributed by atoms with E-state index in [4.69, 9.17) is 0 Å². The molecule has 4 nitrogen and oxygen atoms in total. The highest BCUT2D eigenvalue weighted by atomic mass is 16.3. The molecule has 0 radical (unpaired) electrons. The molecule has 0 atom stereocenters. The molecule has 0 amide bonds. The second kappa shape index (κ2) is 5.70. The molecule has 1 aromatic heterocycles. The summed E-state index contributed by atoms with van der Waals surface area (Å²) in [5.74, 6) is 2.90. The minimum absolute atomic E-state index is 0.0769. The molecular formula is C16H24N2O2. The van der Waals surface area contributed by atoms with Crippen LogP contribution in [0, 0.1) is 24.7 Å². The fraction of sp³-hybridized carbons (Fsp3) is 0.688. The van der Waals surface area contributed by atoms with E-state index >= 15 is 0 Å². The van der Waals surface area contributed by atoms with Gasteiger partial charge in [-0.3, -0.25) is 4.98 Å². The first-order valence-electron chi connectivity index (χ1n) is 7.68. The zero-order valence-electron chi connectivity index (χ0n) is 12.1. The number of aliphatic hydroxyl groups is 1. The number of nitrogens with one attached hydrogen (secondary N) is 1. The molecular weight excluding hydrogens is 252 g/mol. The molecule has 0 aliphatic heterocycles. The normalized spacial score (nSPS) is 18.8. The van der Waals surface area contributed by atoms with E-state index in [1.807, 2.05) is 0 Å². The zero-order valence-corrected chi connectivity index (χ0v) is 12.1. The third kappa shape index (κ3) is 2.96. The van der Waals surface area contributed by atoms with Gasteiger partial charge in [0.2, 0.25) is 0 Å². The number of hydrogen-bond donors (Lipinski definition) is 3. The lowest BCUT2D eigenvalue weighted by atomic mass is 9.97. The van der Waals surface area contributed by atoms with Gasteiger partial charge in [0.05, 0.1) is 12.3 Å². The Bertz CT molecular complexity index is 470. The largest absolute Gasteiger partial charge is 0.506 e. The highest BCUT2D eigenvalue weighted by Crippen LogP contribution is 2.48. The van der Waals surface area contributed by atoms with Gasteiger partial charge in [-0.1, -0.05) is 0 Å². The Kier molecular flexibility index (Phi) is 3.94. The number of aromatic nitrogens is 1. The molecule has 0 saturated heterocycles. The Morgan fingerprint density at radius 3 is 2.50 bits per heavy atom.